The molecule has 2 aliphatic heterocycles. The minimum absolute atomic E-state index is 0.141. The van der Waals surface area contributed by atoms with Crippen LogP contribution in [0, 0.1) is 11.8 Å². The molecule has 1 aliphatic carbocycles. The van der Waals surface area contributed by atoms with Gasteiger partial charge in [0, 0.05) is 42.9 Å². The highest BCUT2D eigenvalue weighted by Crippen LogP contribution is 2.49. The SMILES string of the molecule is CCCNC(=O)[C@H]1[C@H](CO)[C@H]2Cn3c(ccc(C4=CCCC4)c3=O)[C@@H]1N2S(C)(=O)=O. The van der Waals surface area contributed by atoms with Crippen molar-refractivity contribution in [3.05, 3.63) is 39.8 Å². The maximum atomic E-state index is 13.3. The van der Waals surface area contributed by atoms with Gasteiger partial charge in [-0.3, -0.25) is 9.59 Å². The number of nitrogens with one attached hydrogen (secondary N) is 1. The van der Waals surface area contributed by atoms with E-state index in [-0.39, 0.29) is 24.6 Å². The molecular weight excluding hydrogens is 406 g/mol. The number of carbonyl (C=O) groups is 1. The number of aliphatic hydroxyl groups is 1. The summed E-state index contributed by atoms with van der Waals surface area (Å²) in [6, 6.07) is 2.12. The number of aromatic nitrogens is 1. The third-order valence-electron chi connectivity index (χ3n) is 6.61. The fraction of sp³-hybridized carbons (Fsp3) is 0.619. The lowest BCUT2D eigenvalue weighted by Crippen LogP contribution is -2.49. The van der Waals surface area contributed by atoms with Gasteiger partial charge in [-0.15, -0.1) is 0 Å². The van der Waals surface area contributed by atoms with E-state index in [0.29, 0.717) is 17.8 Å². The van der Waals surface area contributed by atoms with Gasteiger partial charge >= 0.3 is 0 Å². The summed E-state index contributed by atoms with van der Waals surface area (Å²) in [5.74, 6) is -1.60. The van der Waals surface area contributed by atoms with Crippen molar-refractivity contribution in [2.45, 2.75) is 51.2 Å². The summed E-state index contributed by atoms with van der Waals surface area (Å²) in [6.45, 7) is 2.23. The quantitative estimate of drug-likeness (QED) is 0.689. The average molecular weight is 436 g/mol. The number of sulfonamides is 1. The Labute approximate surface area is 176 Å². The van der Waals surface area contributed by atoms with Crippen LogP contribution >= 0.6 is 0 Å². The zero-order chi connectivity index (χ0) is 21.6. The smallest absolute Gasteiger partial charge is 0.258 e. The fourth-order valence-corrected chi connectivity index (χ4v) is 6.70. The molecule has 0 spiro atoms. The standard InChI is InChI=1S/C21H29N3O5S/c1-3-10-22-20(26)18-15(12-25)17-11-23-16(19(18)24(17)30(2,28)29)9-8-14(21(23)27)13-6-4-5-7-13/h6,8-9,15,17-19,25H,3-5,7,10-12H2,1-2H3,(H,22,26)/t15-,17-,18+,19+/m1/s1. The van der Waals surface area contributed by atoms with Gasteiger partial charge < -0.3 is 15.0 Å². The first kappa shape index (κ1) is 21.3. The molecule has 1 saturated heterocycles. The second-order valence-electron chi connectivity index (χ2n) is 8.48. The Bertz CT molecular complexity index is 1050. The first-order valence-electron chi connectivity index (χ1n) is 10.6. The fourth-order valence-electron chi connectivity index (χ4n) is 5.33. The minimum atomic E-state index is -3.66. The number of allylic oxidation sites excluding steroid dienone is 2. The summed E-state index contributed by atoms with van der Waals surface area (Å²) >= 11 is 0. The lowest BCUT2D eigenvalue weighted by Gasteiger charge is -2.36. The molecule has 30 heavy (non-hydrogen) atoms. The lowest BCUT2D eigenvalue weighted by atomic mass is 9.86. The predicted octanol–water partition coefficient (Wildman–Crippen LogP) is 0.865. The zero-order valence-corrected chi connectivity index (χ0v) is 18.2. The summed E-state index contributed by atoms with van der Waals surface area (Å²) in [7, 11) is -3.66. The van der Waals surface area contributed by atoms with Gasteiger partial charge in [0.05, 0.1) is 18.2 Å². The molecule has 8 nitrogen and oxygen atoms in total. The Kier molecular flexibility index (Phi) is 5.63. The highest BCUT2D eigenvalue weighted by atomic mass is 32.2. The number of carbonyl (C=O) groups excluding carboxylic acids is 1. The van der Waals surface area contributed by atoms with Gasteiger partial charge in [0.2, 0.25) is 15.9 Å². The molecule has 3 heterocycles. The Morgan fingerprint density at radius 3 is 2.70 bits per heavy atom. The van der Waals surface area contributed by atoms with Crippen LogP contribution in [-0.2, 0) is 21.4 Å². The zero-order valence-electron chi connectivity index (χ0n) is 17.4. The molecule has 1 fully saturated rings. The molecule has 1 aromatic rings. The van der Waals surface area contributed by atoms with E-state index in [9.17, 15) is 23.1 Å². The Hall–Kier alpha value is -1.97. The van der Waals surface area contributed by atoms with E-state index < -0.39 is 33.9 Å². The van der Waals surface area contributed by atoms with Gasteiger partial charge in [0.1, 0.15) is 0 Å². The lowest BCUT2D eigenvalue weighted by molar-refractivity contribution is -0.127. The van der Waals surface area contributed by atoms with Crippen molar-refractivity contribution in [1.29, 1.82) is 0 Å². The van der Waals surface area contributed by atoms with E-state index in [1.807, 2.05) is 6.92 Å². The third kappa shape index (κ3) is 3.33. The summed E-state index contributed by atoms with van der Waals surface area (Å²) in [5.41, 5.74) is 2.06. The van der Waals surface area contributed by atoms with Crippen molar-refractivity contribution in [2.24, 2.45) is 11.8 Å². The van der Waals surface area contributed by atoms with Crippen LogP contribution in [0.2, 0.25) is 0 Å². The largest absolute Gasteiger partial charge is 0.396 e. The van der Waals surface area contributed by atoms with Crippen molar-refractivity contribution in [2.75, 3.05) is 19.4 Å². The van der Waals surface area contributed by atoms with Crippen LogP contribution in [0.4, 0.5) is 0 Å². The monoisotopic (exact) mass is 435 g/mol. The molecule has 164 valence electrons. The first-order chi connectivity index (χ1) is 14.3. The van der Waals surface area contributed by atoms with Gasteiger partial charge in [-0.05, 0) is 43.4 Å². The number of nitrogens with zero attached hydrogens (tertiary/aromatic N) is 2. The number of rotatable bonds is 6. The van der Waals surface area contributed by atoms with Crippen LogP contribution in [0.1, 0.15) is 49.9 Å². The molecule has 2 N–H and O–H groups in total. The van der Waals surface area contributed by atoms with Gasteiger partial charge in [0.15, 0.2) is 0 Å². The number of hydrogen-bond donors (Lipinski definition) is 2. The van der Waals surface area contributed by atoms with Crippen molar-refractivity contribution >= 4 is 21.5 Å². The van der Waals surface area contributed by atoms with Gasteiger partial charge in [-0.2, -0.15) is 4.31 Å². The summed E-state index contributed by atoms with van der Waals surface area (Å²) in [4.78, 5) is 26.3. The van der Waals surface area contributed by atoms with E-state index in [4.69, 9.17) is 0 Å². The second-order valence-corrected chi connectivity index (χ2v) is 10.4. The molecule has 4 rings (SSSR count). The molecule has 0 radical (unpaired) electrons. The van der Waals surface area contributed by atoms with Crippen LogP contribution in [0.5, 0.6) is 0 Å². The Morgan fingerprint density at radius 2 is 2.10 bits per heavy atom. The molecule has 1 amide bonds. The van der Waals surface area contributed by atoms with Crippen LogP contribution in [0.15, 0.2) is 23.0 Å². The molecule has 3 aliphatic rings. The average Bonchev–Trinajstić information content (AvgIpc) is 3.31. The topological polar surface area (TPSA) is 109 Å². The highest BCUT2D eigenvalue weighted by Gasteiger charge is 2.58. The summed E-state index contributed by atoms with van der Waals surface area (Å²) in [6.07, 6.45) is 6.80. The molecule has 4 atom stereocenters. The Balaban J connectivity index is 1.86. The van der Waals surface area contributed by atoms with Crippen molar-refractivity contribution < 1.29 is 18.3 Å². The summed E-state index contributed by atoms with van der Waals surface area (Å²) < 4.78 is 28.3. The molecule has 2 bridgehead atoms. The normalized spacial score (nSPS) is 28.3. The number of aliphatic hydroxyl groups excluding tert-OH is 1. The van der Waals surface area contributed by atoms with Crippen molar-refractivity contribution in [3.63, 3.8) is 0 Å². The molecular formula is C21H29N3O5S. The molecule has 9 heteroatoms. The third-order valence-corrected chi connectivity index (χ3v) is 7.87. The molecule has 1 aromatic heterocycles. The maximum absolute atomic E-state index is 13.3. The second kappa shape index (κ2) is 7.94. The van der Waals surface area contributed by atoms with Crippen LogP contribution in [0.3, 0.4) is 0 Å². The molecule has 0 aromatic carbocycles. The van der Waals surface area contributed by atoms with Crippen LogP contribution in [0.25, 0.3) is 5.57 Å². The molecule has 0 saturated carbocycles. The Morgan fingerprint density at radius 1 is 1.33 bits per heavy atom. The number of pyridine rings is 1. The van der Waals surface area contributed by atoms with Crippen LogP contribution < -0.4 is 10.9 Å². The maximum Gasteiger partial charge on any atom is 0.258 e. The predicted molar refractivity (Wildman–Crippen MR) is 113 cm³/mol. The van der Waals surface area contributed by atoms with Gasteiger partial charge in [-0.25, -0.2) is 8.42 Å². The van der Waals surface area contributed by atoms with E-state index in [1.165, 1.54) is 4.31 Å². The number of amides is 1. The van der Waals surface area contributed by atoms with Gasteiger partial charge in [-0.1, -0.05) is 13.0 Å². The number of fused-ring (bicyclic) bond motifs is 4. The van der Waals surface area contributed by atoms with Crippen molar-refractivity contribution in [1.82, 2.24) is 14.2 Å². The first-order valence-corrected chi connectivity index (χ1v) is 12.4. The highest BCUT2D eigenvalue weighted by molar-refractivity contribution is 7.88. The minimum Gasteiger partial charge on any atom is -0.396 e. The molecule has 0 unspecified atom stereocenters. The van der Waals surface area contributed by atoms with E-state index >= 15 is 0 Å². The van der Waals surface area contributed by atoms with Crippen LogP contribution in [-0.4, -0.2) is 53.8 Å². The number of hydrogen-bond acceptors (Lipinski definition) is 5. The van der Waals surface area contributed by atoms with Gasteiger partial charge in [0.25, 0.3) is 5.56 Å². The van der Waals surface area contributed by atoms with Crippen molar-refractivity contribution in [3.8, 4) is 0 Å². The van der Waals surface area contributed by atoms with E-state index in [1.54, 1.807) is 16.7 Å². The van der Waals surface area contributed by atoms with E-state index in [0.717, 1.165) is 37.5 Å². The summed E-state index contributed by atoms with van der Waals surface area (Å²) in [5, 5.41) is 13.0. The van der Waals surface area contributed by atoms with E-state index in [2.05, 4.69) is 11.4 Å².